The first-order valence-corrected chi connectivity index (χ1v) is 11.9. The summed E-state index contributed by atoms with van der Waals surface area (Å²) in [7, 11) is -4.11. The lowest BCUT2D eigenvalue weighted by atomic mass is 10.1. The Morgan fingerprint density at radius 3 is 2.21 bits per heavy atom. The van der Waals surface area contributed by atoms with Crippen LogP contribution in [0.2, 0.25) is 5.02 Å². The molecule has 6 nitrogen and oxygen atoms in total. The quantitative estimate of drug-likeness (QED) is 0.291. The van der Waals surface area contributed by atoms with Crippen molar-refractivity contribution in [1.29, 1.82) is 0 Å². The number of benzene rings is 3. The molecule has 0 N–H and O–H groups in total. The molecule has 174 valence electrons. The number of hydrogen-bond acceptors (Lipinski definition) is 5. The van der Waals surface area contributed by atoms with Crippen LogP contribution in [0.4, 0.5) is 4.39 Å². The Labute approximate surface area is 201 Å². The number of hydrogen-bond donors (Lipinski definition) is 0. The van der Waals surface area contributed by atoms with Crippen LogP contribution in [-0.2, 0) is 23.2 Å². The second kappa shape index (κ2) is 10.1. The minimum Gasteiger partial charge on any atom is -0.467 e. The first-order chi connectivity index (χ1) is 16.3. The van der Waals surface area contributed by atoms with Crippen molar-refractivity contribution >= 4 is 27.6 Å². The predicted molar refractivity (Wildman–Crippen MR) is 124 cm³/mol. The van der Waals surface area contributed by atoms with Crippen molar-refractivity contribution in [2.75, 3.05) is 0 Å². The van der Waals surface area contributed by atoms with Gasteiger partial charge in [0.15, 0.2) is 0 Å². The predicted octanol–water partition coefficient (Wildman–Crippen LogP) is 5.68. The van der Waals surface area contributed by atoms with Gasteiger partial charge in [0.25, 0.3) is 5.91 Å². The van der Waals surface area contributed by atoms with E-state index in [4.69, 9.17) is 20.2 Å². The fraction of sp³-hybridized carbons (Fsp3) is 0.0800. The number of rotatable bonds is 8. The fourth-order valence-corrected chi connectivity index (χ4v) is 4.27. The van der Waals surface area contributed by atoms with Crippen LogP contribution in [-0.4, -0.2) is 19.2 Å². The molecule has 0 atom stereocenters. The van der Waals surface area contributed by atoms with Crippen molar-refractivity contribution in [3.05, 3.63) is 119 Å². The Hall–Kier alpha value is -3.62. The van der Waals surface area contributed by atoms with Gasteiger partial charge in [-0.3, -0.25) is 4.79 Å². The lowest BCUT2D eigenvalue weighted by Crippen LogP contribution is -2.30. The first-order valence-electron chi connectivity index (χ1n) is 10.2. The lowest BCUT2D eigenvalue weighted by molar-refractivity contribution is 0.0717. The van der Waals surface area contributed by atoms with Crippen LogP contribution in [0.3, 0.4) is 0 Å². The third-order valence-electron chi connectivity index (χ3n) is 4.91. The summed E-state index contributed by atoms with van der Waals surface area (Å²) in [5.74, 6) is -0.0508. The van der Waals surface area contributed by atoms with Crippen LogP contribution in [0.5, 0.6) is 5.75 Å². The van der Waals surface area contributed by atoms with Gasteiger partial charge in [0.2, 0.25) is 0 Å². The van der Waals surface area contributed by atoms with E-state index < -0.39 is 15.9 Å². The molecule has 0 fully saturated rings. The molecule has 1 aromatic heterocycles. The molecule has 4 rings (SSSR count). The molecule has 0 aliphatic rings. The summed E-state index contributed by atoms with van der Waals surface area (Å²) in [6.07, 6.45) is 1.54. The molecule has 4 aromatic rings. The van der Waals surface area contributed by atoms with Gasteiger partial charge >= 0.3 is 10.1 Å². The van der Waals surface area contributed by atoms with Crippen LogP contribution in [0.1, 0.15) is 21.7 Å². The molecule has 0 bridgehead atoms. The van der Waals surface area contributed by atoms with Gasteiger partial charge in [-0.1, -0.05) is 23.7 Å². The van der Waals surface area contributed by atoms with E-state index in [0.717, 1.165) is 29.8 Å². The van der Waals surface area contributed by atoms with Gasteiger partial charge in [0.05, 0.1) is 12.8 Å². The summed E-state index contributed by atoms with van der Waals surface area (Å²) in [4.78, 5) is 14.6. The normalized spacial score (nSPS) is 11.2. The summed E-state index contributed by atoms with van der Waals surface area (Å²) in [6, 6.07) is 20.8. The van der Waals surface area contributed by atoms with E-state index in [1.807, 2.05) is 0 Å². The minimum absolute atomic E-state index is 0.0923. The highest BCUT2D eigenvalue weighted by Gasteiger charge is 2.19. The zero-order chi connectivity index (χ0) is 24.1. The van der Waals surface area contributed by atoms with Gasteiger partial charge in [0, 0.05) is 17.1 Å². The molecule has 3 aromatic carbocycles. The van der Waals surface area contributed by atoms with Crippen LogP contribution >= 0.6 is 11.6 Å². The number of carbonyl (C=O) groups excluding carboxylic acids is 1. The zero-order valence-electron chi connectivity index (χ0n) is 17.7. The van der Waals surface area contributed by atoms with Crippen LogP contribution in [0.15, 0.2) is 101 Å². The van der Waals surface area contributed by atoms with Crippen molar-refractivity contribution in [3.63, 3.8) is 0 Å². The second-order valence-corrected chi connectivity index (χ2v) is 9.37. The maximum absolute atomic E-state index is 13.1. The van der Waals surface area contributed by atoms with E-state index in [2.05, 4.69) is 0 Å². The van der Waals surface area contributed by atoms with Gasteiger partial charge in [-0.25, -0.2) is 4.39 Å². The van der Waals surface area contributed by atoms with Gasteiger partial charge in [0.1, 0.15) is 22.2 Å². The molecule has 1 amide bonds. The van der Waals surface area contributed by atoms with Crippen molar-refractivity contribution in [2.24, 2.45) is 0 Å². The van der Waals surface area contributed by atoms with Crippen molar-refractivity contribution in [2.45, 2.75) is 18.0 Å². The highest BCUT2D eigenvalue weighted by molar-refractivity contribution is 7.87. The highest BCUT2D eigenvalue weighted by Crippen LogP contribution is 2.22. The maximum atomic E-state index is 13.1. The Kier molecular flexibility index (Phi) is 7.00. The van der Waals surface area contributed by atoms with Gasteiger partial charge < -0.3 is 13.5 Å². The number of amides is 1. The molecule has 9 heteroatoms. The second-order valence-electron chi connectivity index (χ2n) is 7.38. The van der Waals surface area contributed by atoms with Crippen molar-refractivity contribution in [1.82, 2.24) is 4.90 Å². The summed E-state index contributed by atoms with van der Waals surface area (Å²) in [6.45, 7) is 0.485. The monoisotopic (exact) mass is 499 g/mol. The van der Waals surface area contributed by atoms with Crippen LogP contribution in [0, 0.1) is 5.82 Å². The zero-order valence-corrected chi connectivity index (χ0v) is 19.3. The van der Waals surface area contributed by atoms with E-state index in [0.29, 0.717) is 16.3 Å². The average Bonchev–Trinajstić information content (AvgIpc) is 3.33. The molecule has 34 heavy (non-hydrogen) atoms. The maximum Gasteiger partial charge on any atom is 0.339 e. The van der Waals surface area contributed by atoms with Crippen LogP contribution in [0.25, 0.3) is 0 Å². The van der Waals surface area contributed by atoms with Crippen molar-refractivity contribution < 1.29 is 26.2 Å². The molecule has 1 heterocycles. The Balaban J connectivity index is 1.50. The number of nitrogens with zero attached hydrogens (tertiary/aromatic N) is 1. The Morgan fingerprint density at radius 1 is 0.912 bits per heavy atom. The highest BCUT2D eigenvalue weighted by atomic mass is 35.5. The molecule has 0 saturated carbocycles. The fourth-order valence-electron chi connectivity index (χ4n) is 3.21. The van der Waals surface area contributed by atoms with E-state index in [1.165, 1.54) is 18.4 Å². The minimum atomic E-state index is -4.11. The summed E-state index contributed by atoms with van der Waals surface area (Å²) in [5.41, 5.74) is 1.22. The standard InChI is InChI=1S/C25H19ClFNO5S/c26-20-7-5-19(6-8-20)25(29)28(17-23-2-1-15-32-23)16-18-3-11-22(12-4-18)33-34(30,31)24-13-9-21(27)10-14-24/h1-15H,16-17H2. The lowest BCUT2D eigenvalue weighted by Gasteiger charge is -2.22. The van der Waals surface area contributed by atoms with Crippen LogP contribution < -0.4 is 4.18 Å². The molecular weight excluding hydrogens is 481 g/mol. The molecule has 0 unspecified atom stereocenters. The third kappa shape index (κ3) is 5.84. The molecule has 0 radical (unpaired) electrons. The van der Waals surface area contributed by atoms with E-state index in [9.17, 15) is 17.6 Å². The Bertz CT molecular complexity index is 1350. The summed E-state index contributed by atoms with van der Waals surface area (Å²) in [5, 5.41) is 0.528. The van der Waals surface area contributed by atoms with E-state index >= 15 is 0 Å². The molecule has 0 aliphatic heterocycles. The first kappa shape index (κ1) is 23.5. The smallest absolute Gasteiger partial charge is 0.339 e. The van der Waals surface area contributed by atoms with Gasteiger partial charge in [-0.05, 0) is 78.4 Å². The number of halogens is 2. The van der Waals surface area contributed by atoms with Crippen molar-refractivity contribution in [3.8, 4) is 5.75 Å². The third-order valence-corrected chi connectivity index (χ3v) is 6.42. The number of furan rings is 1. The van der Waals surface area contributed by atoms with E-state index in [1.54, 1.807) is 53.4 Å². The SMILES string of the molecule is O=C(c1ccc(Cl)cc1)N(Cc1ccc(OS(=O)(=O)c2ccc(F)cc2)cc1)Cc1ccco1. The summed E-state index contributed by atoms with van der Waals surface area (Å²) >= 11 is 5.94. The number of carbonyl (C=O) groups is 1. The summed E-state index contributed by atoms with van der Waals surface area (Å²) < 4.78 is 48.4. The molecule has 0 aliphatic carbocycles. The topological polar surface area (TPSA) is 76.8 Å². The molecule has 0 saturated heterocycles. The average molecular weight is 500 g/mol. The van der Waals surface area contributed by atoms with Gasteiger partial charge in [-0.15, -0.1) is 0 Å². The Morgan fingerprint density at radius 2 is 1.59 bits per heavy atom. The molecule has 0 spiro atoms. The largest absolute Gasteiger partial charge is 0.467 e. The molecular formula is C25H19ClFNO5S. The van der Waals surface area contributed by atoms with Gasteiger partial charge in [-0.2, -0.15) is 8.42 Å². The van der Waals surface area contributed by atoms with E-state index in [-0.39, 0.29) is 29.6 Å².